The number of rotatable bonds is 2. The van der Waals surface area contributed by atoms with Crippen molar-refractivity contribution in [3.05, 3.63) is 29.6 Å². The van der Waals surface area contributed by atoms with Crippen molar-refractivity contribution in [1.82, 2.24) is 4.98 Å². The van der Waals surface area contributed by atoms with Gasteiger partial charge in [0.05, 0.1) is 11.2 Å². The van der Waals surface area contributed by atoms with Gasteiger partial charge in [0.25, 0.3) is 0 Å². The molecule has 1 aromatic rings. The number of hydrogen-bond acceptors (Lipinski definition) is 3. The Labute approximate surface area is 110 Å². The normalized spacial score (nSPS) is 27.1. The molecule has 18 heavy (non-hydrogen) atoms. The van der Waals surface area contributed by atoms with Crippen LogP contribution in [-0.2, 0) is 4.74 Å². The molecule has 2 heterocycles. The van der Waals surface area contributed by atoms with Gasteiger partial charge in [-0.15, -0.1) is 0 Å². The lowest BCUT2D eigenvalue weighted by Gasteiger charge is -2.31. The predicted molar refractivity (Wildman–Crippen MR) is 73.3 cm³/mol. The third-order valence-corrected chi connectivity index (χ3v) is 4.00. The summed E-state index contributed by atoms with van der Waals surface area (Å²) in [4.78, 5) is 4.13. The first-order valence-electron chi connectivity index (χ1n) is 6.59. The second-order valence-corrected chi connectivity index (χ2v) is 6.53. The Kier molecular flexibility index (Phi) is 3.24. The summed E-state index contributed by atoms with van der Waals surface area (Å²) >= 11 is 0. The van der Waals surface area contributed by atoms with Crippen LogP contribution in [0.1, 0.15) is 51.3 Å². The highest BCUT2D eigenvalue weighted by molar-refractivity contribution is 5.27. The SMILES string of the molecule is Cc1cnccc1C(N)C1CC(C)(C)OC1(C)C. The Morgan fingerprint density at radius 1 is 1.39 bits per heavy atom. The van der Waals surface area contributed by atoms with Gasteiger partial charge in [-0.25, -0.2) is 0 Å². The van der Waals surface area contributed by atoms with Crippen LogP contribution in [0.5, 0.6) is 0 Å². The molecule has 0 amide bonds. The first-order valence-corrected chi connectivity index (χ1v) is 6.59. The highest BCUT2D eigenvalue weighted by Crippen LogP contribution is 2.47. The number of nitrogens with zero attached hydrogens (tertiary/aromatic N) is 1. The minimum Gasteiger partial charge on any atom is -0.369 e. The van der Waals surface area contributed by atoms with Gasteiger partial charge in [-0.1, -0.05) is 0 Å². The van der Waals surface area contributed by atoms with E-state index in [1.807, 2.05) is 18.5 Å². The van der Waals surface area contributed by atoms with E-state index in [4.69, 9.17) is 10.5 Å². The van der Waals surface area contributed by atoms with Gasteiger partial charge in [0, 0.05) is 24.4 Å². The van der Waals surface area contributed by atoms with Crippen molar-refractivity contribution in [1.29, 1.82) is 0 Å². The summed E-state index contributed by atoms with van der Waals surface area (Å²) in [5, 5.41) is 0. The van der Waals surface area contributed by atoms with E-state index < -0.39 is 0 Å². The first-order chi connectivity index (χ1) is 8.23. The van der Waals surface area contributed by atoms with Gasteiger partial charge in [0.2, 0.25) is 0 Å². The van der Waals surface area contributed by atoms with E-state index in [0.717, 1.165) is 12.0 Å². The van der Waals surface area contributed by atoms with Crippen molar-refractivity contribution in [2.45, 2.75) is 58.3 Å². The average Bonchev–Trinajstić information content (AvgIpc) is 2.46. The Bertz CT molecular complexity index is 440. The van der Waals surface area contributed by atoms with Crippen molar-refractivity contribution < 1.29 is 4.74 Å². The number of aryl methyl sites for hydroxylation is 1. The molecule has 3 nitrogen and oxygen atoms in total. The monoisotopic (exact) mass is 248 g/mol. The van der Waals surface area contributed by atoms with Crippen molar-refractivity contribution in [3.63, 3.8) is 0 Å². The smallest absolute Gasteiger partial charge is 0.0680 e. The number of ether oxygens (including phenoxy) is 1. The summed E-state index contributed by atoms with van der Waals surface area (Å²) in [6.45, 7) is 10.6. The third-order valence-electron chi connectivity index (χ3n) is 4.00. The zero-order valence-corrected chi connectivity index (χ0v) is 12.0. The summed E-state index contributed by atoms with van der Waals surface area (Å²) in [6, 6.07) is 2.03. The Morgan fingerprint density at radius 2 is 2.06 bits per heavy atom. The number of nitrogens with two attached hydrogens (primary N) is 1. The van der Waals surface area contributed by atoms with Gasteiger partial charge in [-0.3, -0.25) is 4.98 Å². The molecule has 1 aromatic heterocycles. The standard InChI is InChI=1S/C15H24N2O/c1-10-9-17-7-6-11(10)13(16)12-8-14(2,3)18-15(12,4)5/h6-7,9,12-13H,8,16H2,1-5H3. The molecule has 1 aliphatic rings. The maximum atomic E-state index is 6.49. The Balaban J connectivity index is 2.30. The van der Waals surface area contributed by atoms with Gasteiger partial charge in [0.15, 0.2) is 0 Å². The lowest BCUT2D eigenvalue weighted by Crippen LogP contribution is -2.36. The molecule has 2 unspecified atom stereocenters. The summed E-state index contributed by atoms with van der Waals surface area (Å²) in [6.07, 6.45) is 4.68. The largest absolute Gasteiger partial charge is 0.369 e. The molecule has 2 atom stereocenters. The topological polar surface area (TPSA) is 48.1 Å². The van der Waals surface area contributed by atoms with Crippen LogP contribution in [-0.4, -0.2) is 16.2 Å². The zero-order chi connectivity index (χ0) is 13.6. The fourth-order valence-corrected chi connectivity index (χ4v) is 3.24. The second-order valence-electron chi connectivity index (χ2n) is 6.53. The third kappa shape index (κ3) is 2.43. The van der Waals surface area contributed by atoms with Crippen molar-refractivity contribution in [2.75, 3.05) is 0 Å². The van der Waals surface area contributed by atoms with E-state index >= 15 is 0 Å². The van der Waals surface area contributed by atoms with Crippen LogP contribution >= 0.6 is 0 Å². The molecule has 0 spiro atoms. The van der Waals surface area contributed by atoms with Gasteiger partial charge < -0.3 is 10.5 Å². The van der Waals surface area contributed by atoms with Crippen LogP contribution in [0.15, 0.2) is 18.5 Å². The Morgan fingerprint density at radius 3 is 2.56 bits per heavy atom. The summed E-state index contributed by atoms with van der Waals surface area (Å²) in [5.41, 5.74) is 8.56. The molecule has 0 saturated carbocycles. The van der Waals surface area contributed by atoms with E-state index in [1.165, 1.54) is 5.56 Å². The maximum absolute atomic E-state index is 6.49. The molecular formula is C15H24N2O. The van der Waals surface area contributed by atoms with Crippen LogP contribution in [0.2, 0.25) is 0 Å². The average molecular weight is 248 g/mol. The van der Waals surface area contributed by atoms with Crippen LogP contribution in [0.25, 0.3) is 0 Å². The quantitative estimate of drug-likeness (QED) is 0.875. The lowest BCUT2D eigenvalue weighted by atomic mass is 9.79. The van der Waals surface area contributed by atoms with Crippen LogP contribution < -0.4 is 5.73 Å². The molecule has 1 aliphatic heterocycles. The van der Waals surface area contributed by atoms with Crippen molar-refractivity contribution >= 4 is 0 Å². The van der Waals surface area contributed by atoms with E-state index in [2.05, 4.69) is 39.6 Å². The highest BCUT2D eigenvalue weighted by Gasteiger charge is 2.48. The molecule has 1 fully saturated rings. The summed E-state index contributed by atoms with van der Waals surface area (Å²) in [5.74, 6) is 0.327. The highest BCUT2D eigenvalue weighted by atomic mass is 16.5. The molecule has 2 N–H and O–H groups in total. The summed E-state index contributed by atoms with van der Waals surface area (Å²) < 4.78 is 6.14. The molecule has 100 valence electrons. The van der Waals surface area contributed by atoms with Crippen LogP contribution in [0.3, 0.4) is 0 Å². The predicted octanol–water partition coefficient (Wildman–Crippen LogP) is 2.98. The van der Waals surface area contributed by atoms with Crippen molar-refractivity contribution in [3.8, 4) is 0 Å². The molecule has 3 heteroatoms. The molecule has 0 bridgehead atoms. The van der Waals surface area contributed by atoms with Crippen molar-refractivity contribution in [2.24, 2.45) is 11.7 Å². The van der Waals surface area contributed by atoms with E-state index in [0.29, 0.717) is 5.92 Å². The second kappa shape index (κ2) is 4.32. The number of pyridine rings is 1. The molecule has 0 aliphatic carbocycles. The van der Waals surface area contributed by atoms with Gasteiger partial charge >= 0.3 is 0 Å². The number of aromatic nitrogens is 1. The van der Waals surface area contributed by atoms with Gasteiger partial charge in [-0.2, -0.15) is 0 Å². The molecule has 0 radical (unpaired) electrons. The van der Waals surface area contributed by atoms with E-state index in [1.54, 1.807) is 0 Å². The van der Waals surface area contributed by atoms with Gasteiger partial charge in [-0.05, 0) is 58.2 Å². The van der Waals surface area contributed by atoms with Crippen LogP contribution in [0.4, 0.5) is 0 Å². The van der Waals surface area contributed by atoms with Gasteiger partial charge in [0.1, 0.15) is 0 Å². The molecule has 2 rings (SSSR count). The molecular weight excluding hydrogens is 224 g/mol. The number of hydrogen-bond donors (Lipinski definition) is 1. The molecule has 0 aromatic carbocycles. The fourth-order valence-electron chi connectivity index (χ4n) is 3.24. The van der Waals surface area contributed by atoms with E-state index in [-0.39, 0.29) is 17.2 Å². The fraction of sp³-hybridized carbons (Fsp3) is 0.667. The Hall–Kier alpha value is -0.930. The first kappa shape index (κ1) is 13.5. The van der Waals surface area contributed by atoms with E-state index in [9.17, 15) is 0 Å². The molecule has 1 saturated heterocycles. The summed E-state index contributed by atoms with van der Waals surface area (Å²) in [7, 11) is 0. The zero-order valence-electron chi connectivity index (χ0n) is 12.0. The van der Waals surface area contributed by atoms with Crippen LogP contribution in [0, 0.1) is 12.8 Å². The minimum absolute atomic E-state index is 0.00442. The maximum Gasteiger partial charge on any atom is 0.0680 e. The lowest BCUT2D eigenvalue weighted by molar-refractivity contribution is -0.0767. The minimum atomic E-state index is -0.182.